The number of halogens is 3. The van der Waals surface area contributed by atoms with Crippen LogP contribution in [0, 0.1) is 5.92 Å². The van der Waals surface area contributed by atoms with E-state index in [0.717, 1.165) is 11.5 Å². The topological polar surface area (TPSA) is 62.0 Å². The molecule has 18 heavy (non-hydrogen) atoms. The van der Waals surface area contributed by atoms with Crippen LogP contribution in [0.4, 0.5) is 8.78 Å². The van der Waals surface area contributed by atoms with Crippen LogP contribution in [-0.2, 0) is 0 Å². The second-order valence-electron chi connectivity index (χ2n) is 4.24. The molecule has 1 saturated carbocycles. The van der Waals surface area contributed by atoms with E-state index < -0.39 is 23.3 Å². The smallest absolute Gasteiger partial charge is 0.277 e. The third-order valence-corrected chi connectivity index (χ3v) is 4.37. The number of aromatic amines is 1. The van der Waals surface area contributed by atoms with Crippen molar-refractivity contribution < 1.29 is 13.6 Å². The second kappa shape index (κ2) is 4.97. The van der Waals surface area contributed by atoms with E-state index in [2.05, 4.69) is 9.69 Å². The first-order valence-corrected chi connectivity index (χ1v) is 6.64. The fourth-order valence-electron chi connectivity index (χ4n) is 1.98. The van der Waals surface area contributed by atoms with Gasteiger partial charge in [0.15, 0.2) is 0 Å². The average molecular weight is 297 g/mol. The maximum absolute atomic E-state index is 13.3. The number of H-pyrrole nitrogens is 1. The van der Waals surface area contributed by atoms with Gasteiger partial charge in [-0.1, -0.05) is 23.1 Å². The van der Waals surface area contributed by atoms with E-state index in [1.165, 1.54) is 0 Å². The summed E-state index contributed by atoms with van der Waals surface area (Å²) in [6, 6.07) is 0. The highest BCUT2D eigenvalue weighted by Crippen LogP contribution is 2.39. The number of hydrogen-bond acceptors (Lipinski definition) is 3. The lowest BCUT2D eigenvalue weighted by Gasteiger charge is -2.18. The van der Waals surface area contributed by atoms with Crippen LogP contribution < -0.4 is 10.9 Å². The van der Waals surface area contributed by atoms with E-state index in [9.17, 15) is 18.4 Å². The predicted octanol–water partition coefficient (Wildman–Crippen LogP) is 2.25. The quantitative estimate of drug-likeness (QED) is 0.899. The molecule has 0 bridgehead atoms. The van der Waals surface area contributed by atoms with Gasteiger partial charge in [0.05, 0.1) is 0 Å². The maximum Gasteiger partial charge on any atom is 0.277 e. The van der Waals surface area contributed by atoms with Crippen molar-refractivity contribution in [3.05, 3.63) is 20.3 Å². The molecule has 1 aliphatic carbocycles. The summed E-state index contributed by atoms with van der Waals surface area (Å²) >= 11 is 6.41. The average Bonchev–Trinajstić information content (AvgIpc) is 2.80. The minimum atomic E-state index is -2.72. The monoisotopic (exact) mass is 296 g/mol. The van der Waals surface area contributed by atoms with Gasteiger partial charge in [0.2, 0.25) is 0 Å². The number of nitrogens with one attached hydrogen (secondary N) is 2. The zero-order valence-corrected chi connectivity index (χ0v) is 10.8. The Balaban J connectivity index is 1.97. The number of carbonyl (C=O) groups excluding carboxylic acids is 1. The highest BCUT2D eigenvalue weighted by atomic mass is 35.5. The molecule has 1 amide bonds. The van der Waals surface area contributed by atoms with Crippen molar-refractivity contribution in [1.82, 2.24) is 9.69 Å². The molecular weight excluding hydrogens is 286 g/mol. The van der Waals surface area contributed by atoms with E-state index in [-0.39, 0.29) is 22.9 Å². The van der Waals surface area contributed by atoms with E-state index in [0.29, 0.717) is 12.8 Å². The van der Waals surface area contributed by atoms with Crippen LogP contribution in [-0.4, -0.2) is 22.7 Å². The van der Waals surface area contributed by atoms with Crippen molar-refractivity contribution in [1.29, 1.82) is 0 Å². The normalized spacial score (nSPS) is 22.1. The van der Waals surface area contributed by atoms with E-state index in [1.54, 1.807) is 0 Å². The molecule has 100 valence electrons. The summed E-state index contributed by atoms with van der Waals surface area (Å²) in [6.45, 7) is -0.103. The summed E-state index contributed by atoms with van der Waals surface area (Å²) in [4.78, 5) is 22.7. The van der Waals surface area contributed by atoms with Gasteiger partial charge >= 0.3 is 0 Å². The summed E-state index contributed by atoms with van der Waals surface area (Å²) in [7, 11) is 0. The van der Waals surface area contributed by atoms with Crippen molar-refractivity contribution in [3.8, 4) is 0 Å². The number of rotatable bonds is 3. The van der Waals surface area contributed by atoms with Crippen LogP contribution in [0.1, 0.15) is 28.9 Å². The SMILES string of the molecule is O=C(NCC1CCCC1(F)F)c1s[nH]c(=O)c1Cl. The standard InChI is InChI=1S/C10H11ClF2N2O2S/c11-6-7(18-15-8(6)16)9(17)14-4-5-2-1-3-10(5,12)13/h5H,1-4H2,(H,14,17)(H,15,16). The number of carbonyl (C=O) groups is 1. The molecule has 0 aromatic carbocycles. The lowest BCUT2D eigenvalue weighted by Crippen LogP contribution is -2.35. The Labute approximate surface area is 110 Å². The van der Waals surface area contributed by atoms with Crippen molar-refractivity contribution >= 4 is 29.0 Å². The summed E-state index contributed by atoms with van der Waals surface area (Å²) in [5, 5.41) is 2.20. The summed E-state index contributed by atoms with van der Waals surface area (Å²) in [5.41, 5.74) is -0.544. The van der Waals surface area contributed by atoms with Crippen molar-refractivity contribution in [2.45, 2.75) is 25.2 Å². The Bertz CT molecular complexity index is 514. The lowest BCUT2D eigenvalue weighted by molar-refractivity contribution is -0.0352. The summed E-state index contributed by atoms with van der Waals surface area (Å²) < 4.78 is 28.9. The number of alkyl halides is 2. The first-order valence-electron chi connectivity index (χ1n) is 5.45. The molecule has 1 atom stereocenters. The molecule has 1 aromatic heterocycles. The first kappa shape index (κ1) is 13.5. The van der Waals surface area contributed by atoms with E-state index in [1.807, 2.05) is 0 Å². The summed E-state index contributed by atoms with van der Waals surface area (Å²) in [5.74, 6) is -4.15. The maximum atomic E-state index is 13.3. The highest BCUT2D eigenvalue weighted by Gasteiger charge is 2.43. The van der Waals surface area contributed by atoms with Crippen LogP contribution in [0.2, 0.25) is 5.02 Å². The molecule has 0 saturated heterocycles. The Morgan fingerprint density at radius 2 is 2.33 bits per heavy atom. The molecule has 1 unspecified atom stereocenters. The zero-order valence-electron chi connectivity index (χ0n) is 9.26. The van der Waals surface area contributed by atoms with E-state index >= 15 is 0 Å². The Morgan fingerprint density at radius 3 is 2.83 bits per heavy atom. The molecule has 1 aliphatic rings. The first-order chi connectivity index (χ1) is 8.42. The summed E-state index contributed by atoms with van der Waals surface area (Å²) in [6.07, 6.45) is 0.724. The van der Waals surface area contributed by atoms with Crippen LogP contribution in [0.25, 0.3) is 0 Å². The van der Waals surface area contributed by atoms with Crippen LogP contribution in [0.15, 0.2) is 4.79 Å². The van der Waals surface area contributed by atoms with Gasteiger partial charge in [-0.05, 0) is 12.8 Å². The van der Waals surface area contributed by atoms with Gasteiger partial charge in [0.1, 0.15) is 9.90 Å². The third kappa shape index (κ3) is 2.56. The second-order valence-corrected chi connectivity index (χ2v) is 5.43. The van der Waals surface area contributed by atoms with Crippen molar-refractivity contribution in [2.24, 2.45) is 5.92 Å². The minimum absolute atomic E-state index is 0.0305. The molecule has 1 aromatic rings. The van der Waals surface area contributed by atoms with E-state index in [4.69, 9.17) is 11.6 Å². The third-order valence-electron chi connectivity index (χ3n) is 3.02. The van der Waals surface area contributed by atoms with Crippen LogP contribution in [0.5, 0.6) is 0 Å². The van der Waals surface area contributed by atoms with Gasteiger partial charge < -0.3 is 5.32 Å². The number of amides is 1. The molecule has 2 rings (SSSR count). The molecule has 1 heterocycles. The Kier molecular flexibility index (Phi) is 3.72. The zero-order chi connectivity index (χ0) is 13.3. The molecule has 0 aliphatic heterocycles. The van der Waals surface area contributed by atoms with Gasteiger partial charge in [-0.2, -0.15) is 0 Å². The predicted molar refractivity (Wildman–Crippen MR) is 64.6 cm³/mol. The molecule has 2 N–H and O–H groups in total. The largest absolute Gasteiger partial charge is 0.351 e. The van der Waals surface area contributed by atoms with Gasteiger partial charge in [0, 0.05) is 18.9 Å². The fourth-order valence-corrected chi connectivity index (χ4v) is 2.93. The molecule has 1 fully saturated rings. The number of aromatic nitrogens is 1. The van der Waals surface area contributed by atoms with Gasteiger partial charge in [-0.3, -0.25) is 14.0 Å². The molecule has 4 nitrogen and oxygen atoms in total. The van der Waals surface area contributed by atoms with Crippen molar-refractivity contribution in [2.75, 3.05) is 6.54 Å². The number of hydrogen-bond donors (Lipinski definition) is 2. The van der Waals surface area contributed by atoms with Crippen LogP contribution >= 0.6 is 23.1 Å². The molecular formula is C10H11ClF2N2O2S. The highest BCUT2D eigenvalue weighted by molar-refractivity contribution is 7.08. The van der Waals surface area contributed by atoms with Crippen LogP contribution in [0.3, 0.4) is 0 Å². The lowest BCUT2D eigenvalue weighted by atomic mass is 10.1. The van der Waals surface area contributed by atoms with Gasteiger partial charge in [-0.15, -0.1) is 0 Å². The fraction of sp³-hybridized carbons (Fsp3) is 0.600. The Morgan fingerprint density at radius 1 is 1.61 bits per heavy atom. The van der Waals surface area contributed by atoms with Crippen molar-refractivity contribution in [3.63, 3.8) is 0 Å². The molecule has 8 heteroatoms. The Hall–Kier alpha value is -0.950. The van der Waals surface area contributed by atoms with Gasteiger partial charge in [-0.25, -0.2) is 8.78 Å². The van der Waals surface area contributed by atoms with Gasteiger partial charge in [0.25, 0.3) is 17.4 Å². The molecule has 0 spiro atoms. The molecule has 0 radical (unpaired) electrons. The minimum Gasteiger partial charge on any atom is -0.351 e.